The second kappa shape index (κ2) is 3.46. The summed E-state index contributed by atoms with van der Waals surface area (Å²) in [5, 5.41) is 0.787. The Morgan fingerprint density at radius 3 is 3.00 bits per heavy atom. The van der Waals surface area contributed by atoms with Crippen LogP contribution in [0.3, 0.4) is 0 Å². The first-order valence-electron chi connectivity index (χ1n) is 4.02. The van der Waals surface area contributed by atoms with E-state index in [1.54, 1.807) is 0 Å². The van der Waals surface area contributed by atoms with Crippen molar-refractivity contribution in [3.05, 3.63) is 28.9 Å². The molecule has 0 aliphatic rings. The van der Waals surface area contributed by atoms with Crippen molar-refractivity contribution in [3.8, 4) is 5.75 Å². The Morgan fingerprint density at radius 2 is 2.29 bits per heavy atom. The highest BCUT2D eigenvalue weighted by Gasteiger charge is 2.08. The summed E-state index contributed by atoms with van der Waals surface area (Å²) in [4.78, 5) is 10.8. The molecule has 0 bridgehead atoms. The van der Waals surface area contributed by atoms with Gasteiger partial charge in [-0.2, -0.15) is 0 Å². The van der Waals surface area contributed by atoms with Gasteiger partial charge in [-0.05, 0) is 18.2 Å². The van der Waals surface area contributed by atoms with Crippen LogP contribution in [0.25, 0.3) is 11.0 Å². The lowest BCUT2D eigenvalue weighted by atomic mass is 10.2. The quantitative estimate of drug-likeness (QED) is 0.735. The molecule has 0 saturated carbocycles. The molecule has 0 amide bonds. The lowest BCUT2D eigenvalue weighted by Crippen LogP contribution is -2.00. The maximum Gasteiger partial charge on any atom is 0.308 e. The Hall–Kier alpha value is -1.29. The van der Waals surface area contributed by atoms with Crippen molar-refractivity contribution >= 4 is 32.9 Å². The number of hydrogen-bond acceptors (Lipinski definition) is 3. The van der Waals surface area contributed by atoms with E-state index in [9.17, 15) is 4.79 Å². The second-order valence-electron chi connectivity index (χ2n) is 2.83. The van der Waals surface area contributed by atoms with E-state index in [0.717, 1.165) is 9.86 Å². The molecule has 0 radical (unpaired) electrons. The summed E-state index contributed by atoms with van der Waals surface area (Å²) in [6.07, 6.45) is 1.43. The Bertz CT molecular complexity index is 487. The van der Waals surface area contributed by atoms with Gasteiger partial charge in [0.1, 0.15) is 11.8 Å². The van der Waals surface area contributed by atoms with E-state index in [-0.39, 0.29) is 5.97 Å². The summed E-state index contributed by atoms with van der Waals surface area (Å²) < 4.78 is 11.1. The van der Waals surface area contributed by atoms with Gasteiger partial charge in [0.15, 0.2) is 5.75 Å². The smallest absolute Gasteiger partial charge is 0.308 e. The van der Waals surface area contributed by atoms with Crippen molar-refractivity contribution in [1.82, 2.24) is 0 Å². The van der Waals surface area contributed by atoms with Crippen LogP contribution in [0.2, 0.25) is 0 Å². The predicted octanol–water partition coefficient (Wildman–Crippen LogP) is 3.12. The molecule has 1 aromatic heterocycles. The fraction of sp³-hybridized carbons (Fsp3) is 0.100. The average Bonchev–Trinajstić information content (AvgIpc) is 2.47. The number of benzene rings is 1. The third kappa shape index (κ3) is 1.65. The summed E-state index contributed by atoms with van der Waals surface area (Å²) in [7, 11) is 0. The SMILES string of the molecule is CC(=O)Oc1coc2ccc(Br)cc12. The van der Waals surface area contributed by atoms with Crippen molar-refractivity contribution in [2.75, 3.05) is 0 Å². The van der Waals surface area contributed by atoms with Crippen molar-refractivity contribution in [1.29, 1.82) is 0 Å². The van der Waals surface area contributed by atoms with Crippen molar-refractivity contribution < 1.29 is 13.9 Å². The number of esters is 1. The highest BCUT2D eigenvalue weighted by Crippen LogP contribution is 2.30. The fourth-order valence-corrected chi connectivity index (χ4v) is 1.57. The first-order valence-corrected chi connectivity index (χ1v) is 4.81. The lowest BCUT2D eigenvalue weighted by molar-refractivity contribution is -0.131. The van der Waals surface area contributed by atoms with Crippen LogP contribution in [0.5, 0.6) is 5.75 Å². The number of carbonyl (C=O) groups excluding carboxylic acids is 1. The van der Waals surface area contributed by atoms with Gasteiger partial charge in [0.25, 0.3) is 0 Å². The molecule has 0 atom stereocenters. The van der Waals surface area contributed by atoms with Crippen LogP contribution in [-0.2, 0) is 4.79 Å². The largest absolute Gasteiger partial charge is 0.460 e. The molecule has 4 heteroatoms. The van der Waals surface area contributed by atoms with Gasteiger partial charge in [0.2, 0.25) is 0 Å². The molecule has 3 nitrogen and oxygen atoms in total. The summed E-state index contributed by atoms with van der Waals surface area (Å²) >= 11 is 3.34. The molecule has 1 aromatic carbocycles. The fourth-order valence-electron chi connectivity index (χ4n) is 1.21. The summed E-state index contributed by atoms with van der Waals surface area (Å²) in [5.41, 5.74) is 0.699. The summed E-state index contributed by atoms with van der Waals surface area (Å²) in [5.74, 6) is 0.0986. The number of carbonyl (C=O) groups is 1. The minimum absolute atomic E-state index is 0.354. The average molecular weight is 255 g/mol. The first-order chi connectivity index (χ1) is 6.66. The normalized spacial score (nSPS) is 10.4. The van der Waals surface area contributed by atoms with Crippen LogP contribution in [-0.4, -0.2) is 5.97 Å². The zero-order valence-electron chi connectivity index (χ0n) is 7.41. The zero-order chi connectivity index (χ0) is 10.1. The predicted molar refractivity (Wildman–Crippen MR) is 55.2 cm³/mol. The molecule has 0 N–H and O–H groups in total. The highest BCUT2D eigenvalue weighted by atomic mass is 79.9. The molecular formula is C10H7BrO3. The van der Waals surface area contributed by atoms with Gasteiger partial charge in [-0.3, -0.25) is 4.79 Å². The van der Waals surface area contributed by atoms with Crippen LogP contribution in [0.15, 0.2) is 33.4 Å². The van der Waals surface area contributed by atoms with Crippen LogP contribution in [0, 0.1) is 0 Å². The third-order valence-corrected chi connectivity index (χ3v) is 2.25. The van der Waals surface area contributed by atoms with Gasteiger partial charge in [-0.1, -0.05) is 15.9 Å². The van der Waals surface area contributed by atoms with Gasteiger partial charge in [0, 0.05) is 11.4 Å². The minimum Gasteiger partial charge on any atom is -0.460 e. The number of ether oxygens (including phenoxy) is 1. The lowest BCUT2D eigenvalue weighted by Gasteiger charge is -1.96. The molecule has 0 fully saturated rings. The molecule has 2 aromatic rings. The maximum atomic E-state index is 10.8. The number of furan rings is 1. The molecule has 72 valence electrons. The Balaban J connectivity index is 2.55. The van der Waals surface area contributed by atoms with Gasteiger partial charge in [0.05, 0.1) is 5.39 Å². The van der Waals surface area contributed by atoms with Crippen LogP contribution >= 0.6 is 15.9 Å². The molecule has 0 unspecified atom stereocenters. The monoisotopic (exact) mass is 254 g/mol. The Labute approximate surface area is 88.8 Å². The minimum atomic E-state index is -0.354. The van der Waals surface area contributed by atoms with Gasteiger partial charge in [-0.15, -0.1) is 0 Å². The zero-order valence-corrected chi connectivity index (χ0v) is 9.00. The molecule has 0 aliphatic heterocycles. The third-order valence-electron chi connectivity index (χ3n) is 1.75. The molecule has 0 aliphatic carbocycles. The summed E-state index contributed by atoms with van der Waals surface area (Å²) in [6, 6.07) is 5.52. The number of fused-ring (bicyclic) bond motifs is 1. The van der Waals surface area contributed by atoms with Crippen molar-refractivity contribution in [2.24, 2.45) is 0 Å². The van der Waals surface area contributed by atoms with Gasteiger partial charge < -0.3 is 9.15 Å². The van der Waals surface area contributed by atoms with Crippen LogP contribution in [0.4, 0.5) is 0 Å². The Kier molecular flexibility index (Phi) is 2.29. The van der Waals surface area contributed by atoms with E-state index in [1.165, 1.54) is 13.2 Å². The van der Waals surface area contributed by atoms with Gasteiger partial charge >= 0.3 is 5.97 Å². The van der Waals surface area contributed by atoms with Crippen molar-refractivity contribution in [2.45, 2.75) is 6.92 Å². The molecular weight excluding hydrogens is 248 g/mol. The summed E-state index contributed by atoms with van der Waals surface area (Å²) in [6.45, 7) is 1.36. The second-order valence-corrected chi connectivity index (χ2v) is 3.75. The number of halogens is 1. The first kappa shape index (κ1) is 9.27. The highest BCUT2D eigenvalue weighted by molar-refractivity contribution is 9.10. The van der Waals surface area contributed by atoms with E-state index in [1.807, 2.05) is 18.2 Å². The topological polar surface area (TPSA) is 39.4 Å². The standard InChI is InChI=1S/C10H7BrO3/c1-6(12)14-10-5-13-9-3-2-7(11)4-8(9)10/h2-5H,1H3. The Morgan fingerprint density at radius 1 is 1.50 bits per heavy atom. The molecule has 1 heterocycles. The van der Waals surface area contributed by atoms with E-state index in [2.05, 4.69) is 15.9 Å². The number of hydrogen-bond donors (Lipinski definition) is 0. The van der Waals surface area contributed by atoms with E-state index in [4.69, 9.17) is 9.15 Å². The van der Waals surface area contributed by atoms with Crippen molar-refractivity contribution in [3.63, 3.8) is 0 Å². The maximum absolute atomic E-state index is 10.8. The van der Waals surface area contributed by atoms with E-state index < -0.39 is 0 Å². The van der Waals surface area contributed by atoms with E-state index >= 15 is 0 Å². The molecule has 0 saturated heterocycles. The van der Waals surface area contributed by atoms with Crippen LogP contribution < -0.4 is 4.74 Å². The molecule has 14 heavy (non-hydrogen) atoms. The molecule has 2 rings (SSSR count). The van der Waals surface area contributed by atoms with E-state index in [0.29, 0.717) is 11.3 Å². The van der Waals surface area contributed by atoms with Gasteiger partial charge in [-0.25, -0.2) is 0 Å². The molecule has 0 spiro atoms. The number of rotatable bonds is 1. The van der Waals surface area contributed by atoms with Crippen LogP contribution in [0.1, 0.15) is 6.92 Å².